The van der Waals surface area contributed by atoms with E-state index < -0.39 is 47.9 Å². The lowest BCUT2D eigenvalue weighted by atomic mass is 9.62. The minimum Gasteiger partial charge on any atom is -0.394 e. The number of nitrogens with zero attached hydrogens (tertiary/aromatic N) is 1. The fraction of sp³-hybridized carbons (Fsp3) is 0.481. The molecule has 4 N–H and O–H groups in total. The molecule has 0 unspecified atom stereocenters. The SMILES string of the molecule is CC(C)(C)C[C@@H]1N[C@@H](C(=O)NCC[C@H](O)CO)[C@H](c2cccc(Cl)c2)[C@@]1(C#N)c1ccc(Cl)cc1F. The van der Waals surface area contributed by atoms with Crippen molar-refractivity contribution in [3.05, 3.63) is 69.5 Å². The Morgan fingerprint density at radius 3 is 2.53 bits per heavy atom. The van der Waals surface area contributed by atoms with Crippen LogP contribution < -0.4 is 10.6 Å². The van der Waals surface area contributed by atoms with E-state index in [0.29, 0.717) is 17.0 Å². The zero-order valence-corrected chi connectivity index (χ0v) is 22.1. The van der Waals surface area contributed by atoms with Crippen molar-refractivity contribution in [3.63, 3.8) is 0 Å². The zero-order chi connectivity index (χ0) is 26.7. The molecule has 9 heteroatoms. The molecule has 1 amide bonds. The highest BCUT2D eigenvalue weighted by Gasteiger charge is 2.60. The predicted octanol–water partition coefficient (Wildman–Crippen LogP) is 4.31. The van der Waals surface area contributed by atoms with E-state index in [4.69, 9.17) is 28.3 Å². The third-order valence-corrected chi connectivity index (χ3v) is 7.08. The molecule has 0 aromatic heterocycles. The molecule has 36 heavy (non-hydrogen) atoms. The number of amides is 1. The number of halogens is 3. The zero-order valence-electron chi connectivity index (χ0n) is 20.6. The fourth-order valence-electron chi connectivity index (χ4n) is 5.09. The van der Waals surface area contributed by atoms with Gasteiger partial charge < -0.3 is 20.8 Å². The highest BCUT2D eigenvalue weighted by molar-refractivity contribution is 6.30. The average Bonchev–Trinajstić information content (AvgIpc) is 3.12. The third-order valence-electron chi connectivity index (χ3n) is 6.61. The summed E-state index contributed by atoms with van der Waals surface area (Å²) in [6.07, 6.45) is -0.315. The number of hydrogen-bond acceptors (Lipinski definition) is 5. The molecule has 2 aromatic rings. The number of nitrogens with one attached hydrogen (secondary N) is 2. The summed E-state index contributed by atoms with van der Waals surface area (Å²) in [5.41, 5.74) is -0.929. The number of rotatable bonds is 8. The summed E-state index contributed by atoms with van der Waals surface area (Å²) >= 11 is 12.4. The van der Waals surface area contributed by atoms with Crippen molar-refractivity contribution in [2.75, 3.05) is 13.2 Å². The Morgan fingerprint density at radius 2 is 1.94 bits per heavy atom. The van der Waals surface area contributed by atoms with Crippen LogP contribution in [-0.4, -0.2) is 47.5 Å². The summed E-state index contributed by atoms with van der Waals surface area (Å²) in [5, 5.41) is 36.3. The van der Waals surface area contributed by atoms with Gasteiger partial charge in [-0.15, -0.1) is 0 Å². The lowest BCUT2D eigenvalue weighted by molar-refractivity contribution is -0.123. The van der Waals surface area contributed by atoms with Gasteiger partial charge in [0.15, 0.2) is 0 Å². The second kappa shape index (κ2) is 11.5. The Kier molecular flexibility index (Phi) is 9.02. The fourth-order valence-corrected chi connectivity index (χ4v) is 5.45. The first kappa shape index (κ1) is 28.4. The monoisotopic (exact) mass is 535 g/mol. The van der Waals surface area contributed by atoms with Crippen LogP contribution in [0.4, 0.5) is 4.39 Å². The number of hydrogen-bond donors (Lipinski definition) is 4. The first-order valence-electron chi connectivity index (χ1n) is 11.9. The Balaban J connectivity index is 2.19. The maximum absolute atomic E-state index is 15.5. The van der Waals surface area contributed by atoms with E-state index in [0.717, 1.165) is 0 Å². The standard InChI is InChI=1S/C27H32Cl2FN3O3/c1-26(2,3)13-22-27(15-31,20-8-7-18(29)12-21(20)30)23(16-5-4-6-17(28)11-16)24(33-22)25(36)32-10-9-19(35)14-34/h4-8,11-12,19,22-24,33-35H,9-10,13-14H2,1-3H3,(H,32,36)/t19-,22-,23-,24+,27-/m0/s1. The van der Waals surface area contributed by atoms with Gasteiger partial charge in [-0.1, -0.05) is 62.2 Å². The van der Waals surface area contributed by atoms with Crippen molar-refractivity contribution < 1.29 is 19.4 Å². The first-order valence-corrected chi connectivity index (χ1v) is 12.6. The van der Waals surface area contributed by atoms with E-state index in [2.05, 4.69) is 16.7 Å². The van der Waals surface area contributed by atoms with E-state index >= 15 is 4.39 Å². The molecule has 1 fully saturated rings. The van der Waals surface area contributed by atoms with Crippen LogP contribution in [-0.2, 0) is 10.2 Å². The van der Waals surface area contributed by atoms with Crippen LogP contribution in [0.2, 0.25) is 10.0 Å². The molecule has 1 aliphatic rings. The minimum atomic E-state index is -1.46. The Labute approximate surface area is 221 Å². The summed E-state index contributed by atoms with van der Waals surface area (Å²) < 4.78 is 15.5. The molecule has 194 valence electrons. The minimum absolute atomic E-state index is 0.125. The topological polar surface area (TPSA) is 105 Å². The van der Waals surface area contributed by atoms with Gasteiger partial charge in [-0.3, -0.25) is 4.79 Å². The lowest BCUT2D eigenvalue weighted by Gasteiger charge is -2.37. The largest absolute Gasteiger partial charge is 0.394 e. The molecule has 0 spiro atoms. The molecular formula is C27H32Cl2FN3O3. The highest BCUT2D eigenvalue weighted by atomic mass is 35.5. The Hall–Kier alpha value is -2.21. The molecule has 6 nitrogen and oxygen atoms in total. The molecule has 0 bridgehead atoms. The van der Waals surface area contributed by atoms with Crippen LogP contribution in [0, 0.1) is 22.6 Å². The van der Waals surface area contributed by atoms with Crippen molar-refractivity contribution in [2.24, 2.45) is 5.41 Å². The first-order chi connectivity index (χ1) is 16.9. The highest BCUT2D eigenvalue weighted by Crippen LogP contribution is 2.52. The van der Waals surface area contributed by atoms with Gasteiger partial charge in [0, 0.05) is 34.1 Å². The summed E-state index contributed by atoms with van der Waals surface area (Å²) in [6.45, 7) is 5.77. The summed E-state index contributed by atoms with van der Waals surface area (Å²) in [5.74, 6) is -1.80. The van der Waals surface area contributed by atoms with Gasteiger partial charge in [0.1, 0.15) is 11.2 Å². The van der Waals surface area contributed by atoms with E-state index in [9.17, 15) is 15.2 Å². The number of benzene rings is 2. The van der Waals surface area contributed by atoms with Gasteiger partial charge in [0.2, 0.25) is 5.91 Å². The van der Waals surface area contributed by atoms with Gasteiger partial charge in [0.25, 0.3) is 0 Å². The third kappa shape index (κ3) is 6.01. The molecule has 1 aliphatic heterocycles. The molecule has 0 saturated carbocycles. The molecule has 1 saturated heterocycles. The number of carbonyl (C=O) groups is 1. The number of aliphatic hydroxyl groups is 2. The van der Waals surface area contributed by atoms with Crippen molar-refractivity contribution >= 4 is 29.1 Å². The van der Waals surface area contributed by atoms with E-state index in [-0.39, 0.29) is 29.0 Å². The van der Waals surface area contributed by atoms with Crippen molar-refractivity contribution in [2.45, 2.75) is 63.1 Å². The summed E-state index contributed by atoms with van der Waals surface area (Å²) in [6, 6.07) is 12.1. The maximum atomic E-state index is 15.5. The van der Waals surface area contributed by atoms with Crippen molar-refractivity contribution in [3.8, 4) is 6.07 Å². The second-order valence-corrected chi connectivity index (χ2v) is 11.4. The predicted molar refractivity (Wildman–Crippen MR) is 138 cm³/mol. The van der Waals surface area contributed by atoms with Crippen LogP contribution in [0.1, 0.15) is 50.7 Å². The molecule has 0 radical (unpaired) electrons. The summed E-state index contributed by atoms with van der Waals surface area (Å²) in [4.78, 5) is 13.5. The lowest BCUT2D eigenvalue weighted by Crippen LogP contribution is -2.46. The normalized spacial score (nSPS) is 24.8. The van der Waals surface area contributed by atoms with Gasteiger partial charge in [-0.25, -0.2) is 4.39 Å². The number of aliphatic hydroxyl groups excluding tert-OH is 2. The van der Waals surface area contributed by atoms with Crippen molar-refractivity contribution in [1.82, 2.24) is 10.6 Å². The average molecular weight is 536 g/mol. The Morgan fingerprint density at radius 1 is 1.25 bits per heavy atom. The van der Waals surface area contributed by atoms with E-state index in [1.54, 1.807) is 30.3 Å². The molecule has 1 heterocycles. The maximum Gasteiger partial charge on any atom is 0.237 e. The summed E-state index contributed by atoms with van der Waals surface area (Å²) in [7, 11) is 0. The van der Waals surface area contributed by atoms with Gasteiger partial charge in [-0.2, -0.15) is 5.26 Å². The molecule has 3 rings (SSSR count). The van der Waals surface area contributed by atoms with Crippen LogP contribution in [0.15, 0.2) is 42.5 Å². The molecule has 5 atom stereocenters. The van der Waals surface area contributed by atoms with E-state index in [1.165, 1.54) is 12.1 Å². The van der Waals surface area contributed by atoms with Gasteiger partial charge in [-0.05, 0) is 48.1 Å². The van der Waals surface area contributed by atoms with E-state index in [1.807, 2.05) is 20.8 Å². The van der Waals surface area contributed by atoms with Gasteiger partial charge in [0.05, 0.1) is 24.8 Å². The smallest absolute Gasteiger partial charge is 0.237 e. The van der Waals surface area contributed by atoms with Crippen LogP contribution >= 0.6 is 23.2 Å². The number of nitriles is 1. The molecule has 2 aromatic carbocycles. The second-order valence-electron chi connectivity index (χ2n) is 10.5. The van der Waals surface area contributed by atoms with Crippen LogP contribution in [0.3, 0.4) is 0 Å². The molecular weight excluding hydrogens is 504 g/mol. The molecule has 0 aliphatic carbocycles. The number of carbonyl (C=O) groups excluding carboxylic acids is 1. The Bertz CT molecular complexity index is 1130. The van der Waals surface area contributed by atoms with Crippen LogP contribution in [0.25, 0.3) is 0 Å². The quantitative estimate of drug-likeness (QED) is 0.403. The van der Waals surface area contributed by atoms with Crippen LogP contribution in [0.5, 0.6) is 0 Å². The van der Waals surface area contributed by atoms with Crippen molar-refractivity contribution in [1.29, 1.82) is 5.26 Å². The van der Waals surface area contributed by atoms with Gasteiger partial charge >= 0.3 is 0 Å².